The second-order valence-electron chi connectivity index (χ2n) is 6.25. The Kier molecular flexibility index (Phi) is 5.05. The molecule has 6 nitrogen and oxygen atoms in total. The number of urea groups is 1. The van der Waals surface area contributed by atoms with Crippen molar-refractivity contribution in [2.24, 2.45) is 0 Å². The van der Waals surface area contributed by atoms with Crippen molar-refractivity contribution in [1.29, 1.82) is 0 Å². The lowest BCUT2D eigenvalue weighted by Gasteiger charge is -2.22. The van der Waals surface area contributed by atoms with Crippen LogP contribution < -0.4 is 10.2 Å². The summed E-state index contributed by atoms with van der Waals surface area (Å²) in [5.41, 5.74) is 0. The lowest BCUT2D eigenvalue weighted by Crippen LogP contribution is -2.37. The Balaban J connectivity index is 2.03. The molecule has 122 valence electrons. The average molecular weight is 324 g/mol. The van der Waals surface area contributed by atoms with Gasteiger partial charge in [0.2, 0.25) is 0 Å². The largest absolute Gasteiger partial charge is 0.363 e. The van der Waals surface area contributed by atoms with Gasteiger partial charge in [0.15, 0.2) is 0 Å². The molecule has 0 aliphatic carbocycles. The molecule has 22 heavy (non-hydrogen) atoms. The van der Waals surface area contributed by atoms with E-state index < -0.39 is 10.8 Å². The molecular formula is C15H24N4O2S. The fourth-order valence-electron chi connectivity index (χ4n) is 2.23. The smallest absolute Gasteiger partial charge is 0.323 e. The summed E-state index contributed by atoms with van der Waals surface area (Å²) < 4.78 is 11.9. The highest BCUT2D eigenvalue weighted by molar-refractivity contribution is 7.86. The van der Waals surface area contributed by atoms with Gasteiger partial charge in [0.1, 0.15) is 11.6 Å². The van der Waals surface area contributed by atoms with Crippen molar-refractivity contribution in [2.45, 2.75) is 25.0 Å². The summed E-state index contributed by atoms with van der Waals surface area (Å²) in [7, 11) is 2.90. The number of hydrogen-bond donors (Lipinski definition) is 1. The Labute approximate surface area is 134 Å². The third-order valence-corrected chi connectivity index (χ3v) is 5.85. The van der Waals surface area contributed by atoms with E-state index in [-0.39, 0.29) is 10.8 Å². The minimum absolute atomic E-state index is 0.182. The van der Waals surface area contributed by atoms with E-state index in [1.54, 1.807) is 11.0 Å². The summed E-state index contributed by atoms with van der Waals surface area (Å²) in [6, 6.07) is 5.33. The normalized spacial score (nSPS) is 21.1. The highest BCUT2D eigenvalue weighted by atomic mass is 32.2. The summed E-state index contributed by atoms with van der Waals surface area (Å²) in [5.74, 6) is 1.84. The molecule has 1 aliphatic heterocycles. The molecule has 1 N–H and O–H groups in total. The number of amides is 2. The predicted molar refractivity (Wildman–Crippen MR) is 90.9 cm³/mol. The molecule has 1 atom stereocenters. The van der Waals surface area contributed by atoms with Crippen LogP contribution in [0.1, 0.15) is 20.3 Å². The van der Waals surface area contributed by atoms with Crippen molar-refractivity contribution in [3.05, 3.63) is 18.2 Å². The Morgan fingerprint density at radius 2 is 2.09 bits per heavy atom. The Morgan fingerprint density at radius 1 is 1.36 bits per heavy atom. The quantitative estimate of drug-likeness (QED) is 0.902. The second-order valence-corrected chi connectivity index (χ2v) is 8.46. The molecule has 2 rings (SSSR count). The van der Waals surface area contributed by atoms with E-state index in [2.05, 4.69) is 10.3 Å². The Hall–Kier alpha value is -1.63. The molecule has 1 unspecified atom stereocenters. The molecule has 1 saturated heterocycles. The number of aromatic nitrogens is 1. The molecule has 0 saturated carbocycles. The van der Waals surface area contributed by atoms with Crippen molar-refractivity contribution in [3.63, 3.8) is 0 Å². The number of rotatable bonds is 2. The van der Waals surface area contributed by atoms with Crippen LogP contribution in [0.2, 0.25) is 0 Å². The Bertz CT molecular complexity index is 574. The molecule has 0 bridgehead atoms. The molecule has 2 amide bonds. The lowest BCUT2D eigenvalue weighted by atomic mass is 10.1. The van der Waals surface area contributed by atoms with E-state index in [0.717, 1.165) is 12.2 Å². The van der Waals surface area contributed by atoms with Crippen molar-refractivity contribution in [1.82, 2.24) is 9.88 Å². The predicted octanol–water partition coefficient (Wildman–Crippen LogP) is 1.91. The molecule has 7 heteroatoms. The van der Waals surface area contributed by atoms with E-state index in [0.29, 0.717) is 24.7 Å². The maximum Gasteiger partial charge on any atom is 0.323 e. The van der Waals surface area contributed by atoms with Crippen LogP contribution >= 0.6 is 0 Å². The van der Waals surface area contributed by atoms with Crippen LogP contribution in [-0.4, -0.2) is 57.8 Å². The number of hydrogen-bond acceptors (Lipinski definition) is 4. The van der Waals surface area contributed by atoms with Crippen LogP contribution in [0, 0.1) is 0 Å². The first-order valence-electron chi connectivity index (χ1n) is 7.38. The van der Waals surface area contributed by atoms with E-state index in [1.165, 1.54) is 0 Å². The lowest BCUT2D eigenvalue weighted by molar-refractivity contribution is 0.214. The van der Waals surface area contributed by atoms with Gasteiger partial charge in [-0.2, -0.15) is 0 Å². The molecule has 1 fully saturated rings. The second kappa shape index (κ2) is 6.64. The van der Waals surface area contributed by atoms with Crippen molar-refractivity contribution < 1.29 is 9.00 Å². The van der Waals surface area contributed by atoms with E-state index in [9.17, 15) is 9.00 Å². The Morgan fingerprint density at radius 3 is 2.77 bits per heavy atom. The van der Waals surface area contributed by atoms with E-state index in [1.807, 2.05) is 45.0 Å². The highest BCUT2D eigenvalue weighted by Gasteiger charge is 2.31. The van der Waals surface area contributed by atoms with Gasteiger partial charge in [-0.25, -0.2) is 9.78 Å². The summed E-state index contributed by atoms with van der Waals surface area (Å²) >= 11 is 0. The molecule has 0 radical (unpaired) electrons. The molecular weight excluding hydrogens is 300 g/mol. The van der Waals surface area contributed by atoms with Gasteiger partial charge in [0.25, 0.3) is 0 Å². The molecule has 1 aliphatic rings. The van der Waals surface area contributed by atoms with Crippen LogP contribution in [0.25, 0.3) is 0 Å². The van der Waals surface area contributed by atoms with Gasteiger partial charge >= 0.3 is 6.03 Å². The minimum Gasteiger partial charge on any atom is -0.363 e. The van der Waals surface area contributed by atoms with Crippen molar-refractivity contribution >= 4 is 28.5 Å². The van der Waals surface area contributed by atoms with Crippen LogP contribution in [-0.2, 0) is 10.8 Å². The van der Waals surface area contributed by atoms with Gasteiger partial charge in [-0.15, -0.1) is 0 Å². The zero-order valence-electron chi connectivity index (χ0n) is 13.6. The number of pyridine rings is 1. The number of nitrogens with one attached hydrogen (secondary N) is 1. The van der Waals surface area contributed by atoms with Crippen LogP contribution in [0.3, 0.4) is 0 Å². The van der Waals surface area contributed by atoms with E-state index in [4.69, 9.17) is 0 Å². The van der Waals surface area contributed by atoms with Gasteiger partial charge in [-0.3, -0.25) is 9.53 Å². The maximum absolute atomic E-state index is 12.4. The van der Waals surface area contributed by atoms with Gasteiger partial charge in [-0.1, -0.05) is 6.07 Å². The van der Waals surface area contributed by atoms with Gasteiger partial charge in [0.05, 0.1) is 0 Å². The van der Waals surface area contributed by atoms with Gasteiger partial charge in [-0.05, 0) is 32.4 Å². The van der Waals surface area contributed by atoms with Crippen LogP contribution in [0.5, 0.6) is 0 Å². The summed E-state index contributed by atoms with van der Waals surface area (Å²) in [6.07, 6.45) is 0.734. The highest BCUT2D eigenvalue weighted by Crippen LogP contribution is 2.22. The maximum atomic E-state index is 12.4. The van der Waals surface area contributed by atoms with Gasteiger partial charge in [0, 0.05) is 48.5 Å². The van der Waals surface area contributed by atoms with E-state index >= 15 is 0 Å². The molecule has 0 spiro atoms. The molecule has 1 aromatic rings. The number of nitrogens with zero attached hydrogens (tertiary/aromatic N) is 3. The fraction of sp³-hybridized carbons (Fsp3) is 0.600. The van der Waals surface area contributed by atoms with Gasteiger partial charge < -0.3 is 9.80 Å². The first-order valence-corrected chi connectivity index (χ1v) is 8.70. The molecule has 0 aromatic carbocycles. The zero-order valence-corrected chi connectivity index (χ0v) is 14.4. The van der Waals surface area contributed by atoms with Crippen LogP contribution in [0.15, 0.2) is 18.2 Å². The monoisotopic (exact) mass is 324 g/mol. The minimum atomic E-state index is -0.905. The topological polar surface area (TPSA) is 65.5 Å². The SMILES string of the molecule is CN(C)c1cccc(NC(=O)N2CCS(=O)C(C)(C)CC2)n1. The summed E-state index contributed by atoms with van der Waals surface area (Å²) in [6.45, 7) is 5.10. The first kappa shape index (κ1) is 16.7. The van der Waals surface area contributed by atoms with Crippen molar-refractivity contribution in [3.8, 4) is 0 Å². The average Bonchev–Trinajstić information content (AvgIpc) is 2.59. The molecule has 2 heterocycles. The third-order valence-electron chi connectivity index (χ3n) is 3.86. The fourth-order valence-corrected chi connectivity index (χ4v) is 3.49. The van der Waals surface area contributed by atoms with Crippen LogP contribution in [0.4, 0.5) is 16.4 Å². The number of carbonyl (C=O) groups is 1. The number of carbonyl (C=O) groups excluding carboxylic acids is 1. The zero-order chi connectivity index (χ0) is 16.3. The first-order chi connectivity index (χ1) is 10.3. The standard InChI is InChI=1S/C15H24N4O2S/c1-15(2)8-9-19(10-11-22(15)21)14(20)17-12-6-5-7-13(16-12)18(3)4/h5-7H,8-11H2,1-4H3,(H,16,17,20). The molecule has 1 aromatic heterocycles. The summed E-state index contributed by atoms with van der Waals surface area (Å²) in [5, 5.41) is 2.83. The third kappa shape index (κ3) is 3.97. The number of anilines is 2. The summed E-state index contributed by atoms with van der Waals surface area (Å²) in [4.78, 5) is 20.4. The van der Waals surface area contributed by atoms with Crippen molar-refractivity contribution in [2.75, 3.05) is 43.2 Å².